The first-order valence-corrected chi connectivity index (χ1v) is 10.5. The van der Waals surface area contributed by atoms with Gasteiger partial charge in [0.1, 0.15) is 5.69 Å². The smallest absolute Gasteiger partial charge is 0.269 e. The Balaban J connectivity index is 1.54. The average Bonchev–Trinajstić information content (AvgIpc) is 3.02. The van der Waals surface area contributed by atoms with Gasteiger partial charge < -0.3 is 10.2 Å². The lowest BCUT2D eigenvalue weighted by Crippen LogP contribution is -2.32. The van der Waals surface area contributed by atoms with E-state index in [2.05, 4.69) is 10.3 Å². The van der Waals surface area contributed by atoms with E-state index in [1.54, 1.807) is 12.3 Å². The molecule has 1 atom stereocenters. The number of hydrogen-bond donors (Lipinski definition) is 1. The third-order valence-electron chi connectivity index (χ3n) is 4.69. The largest absolute Gasteiger partial charge is 0.369 e. The van der Waals surface area contributed by atoms with Crippen molar-refractivity contribution in [3.63, 3.8) is 0 Å². The zero-order chi connectivity index (χ0) is 18.6. The number of anilines is 1. The number of hydrogen-bond acceptors (Lipinski definition) is 5. The summed E-state index contributed by atoms with van der Waals surface area (Å²) in [6, 6.07) is 13.4. The van der Waals surface area contributed by atoms with Crippen molar-refractivity contribution in [1.82, 2.24) is 10.3 Å². The third kappa shape index (κ3) is 4.60. The van der Waals surface area contributed by atoms with Crippen LogP contribution in [0.15, 0.2) is 48.7 Å². The van der Waals surface area contributed by atoms with Gasteiger partial charge in [-0.2, -0.15) is 0 Å². The Bertz CT molecular complexity index is 851. The molecule has 1 N–H and O–H groups in total. The van der Waals surface area contributed by atoms with Gasteiger partial charge in [0.15, 0.2) is 9.84 Å². The van der Waals surface area contributed by atoms with Crippen LogP contribution in [-0.4, -0.2) is 50.4 Å². The van der Waals surface area contributed by atoms with Gasteiger partial charge in [-0.15, -0.1) is 0 Å². The van der Waals surface area contributed by atoms with Gasteiger partial charge in [0, 0.05) is 19.6 Å². The molecule has 0 saturated carbocycles. The van der Waals surface area contributed by atoms with Crippen LogP contribution < -0.4 is 10.2 Å². The molecule has 1 unspecified atom stereocenters. The molecule has 2 aromatic rings. The van der Waals surface area contributed by atoms with Crippen molar-refractivity contribution in [2.75, 3.05) is 30.0 Å². The van der Waals surface area contributed by atoms with Crippen molar-refractivity contribution in [3.05, 3.63) is 59.9 Å². The van der Waals surface area contributed by atoms with Crippen molar-refractivity contribution in [2.24, 2.45) is 0 Å². The van der Waals surface area contributed by atoms with E-state index in [1.807, 2.05) is 48.3 Å². The number of aromatic nitrogens is 1. The number of carbonyl (C=O) groups is 1. The highest BCUT2D eigenvalue weighted by molar-refractivity contribution is 7.91. The summed E-state index contributed by atoms with van der Waals surface area (Å²) in [5, 5.41) is 2.87. The second kappa shape index (κ2) is 7.86. The number of amides is 1. The molecule has 0 bridgehead atoms. The fourth-order valence-electron chi connectivity index (χ4n) is 3.08. The van der Waals surface area contributed by atoms with Gasteiger partial charge in [-0.25, -0.2) is 13.4 Å². The topological polar surface area (TPSA) is 79.4 Å². The molecule has 7 heteroatoms. The molecule has 138 valence electrons. The second-order valence-corrected chi connectivity index (χ2v) is 8.79. The number of nitrogens with zero attached hydrogens (tertiary/aromatic N) is 2. The Morgan fingerprint density at radius 2 is 2.00 bits per heavy atom. The van der Waals surface area contributed by atoms with Crippen LogP contribution in [0, 0.1) is 0 Å². The maximum Gasteiger partial charge on any atom is 0.269 e. The van der Waals surface area contributed by atoms with Crippen molar-refractivity contribution >= 4 is 21.4 Å². The van der Waals surface area contributed by atoms with Crippen LogP contribution in [0.25, 0.3) is 0 Å². The van der Waals surface area contributed by atoms with Gasteiger partial charge in [-0.05, 0) is 30.5 Å². The quantitative estimate of drug-likeness (QED) is 0.833. The summed E-state index contributed by atoms with van der Waals surface area (Å²) in [4.78, 5) is 18.3. The summed E-state index contributed by atoms with van der Waals surface area (Å²) in [6.45, 7) is 0.548. The lowest BCUT2D eigenvalue weighted by Gasteiger charge is -2.25. The summed E-state index contributed by atoms with van der Waals surface area (Å²) in [5.74, 6) is 0.196. The van der Waals surface area contributed by atoms with Crippen molar-refractivity contribution in [1.29, 1.82) is 0 Å². The monoisotopic (exact) mass is 373 g/mol. The Morgan fingerprint density at radius 1 is 1.23 bits per heavy atom. The maximum absolute atomic E-state index is 12.2. The van der Waals surface area contributed by atoms with Gasteiger partial charge in [0.25, 0.3) is 5.91 Å². The Kier molecular flexibility index (Phi) is 5.56. The summed E-state index contributed by atoms with van der Waals surface area (Å²) < 4.78 is 23.3. The molecule has 1 aliphatic heterocycles. The fraction of sp³-hybridized carbons (Fsp3) is 0.368. The molecule has 1 amide bonds. The molecule has 2 heterocycles. The Morgan fingerprint density at radius 3 is 2.62 bits per heavy atom. The van der Waals surface area contributed by atoms with Crippen LogP contribution in [-0.2, 0) is 16.3 Å². The summed E-state index contributed by atoms with van der Waals surface area (Å²) >= 11 is 0. The van der Waals surface area contributed by atoms with E-state index in [1.165, 1.54) is 5.56 Å². The lowest BCUT2D eigenvalue weighted by atomic mass is 10.1. The van der Waals surface area contributed by atoms with Gasteiger partial charge in [-0.3, -0.25) is 4.79 Å². The standard InChI is InChI=1S/C19H23N3O3S/c1-22(17-10-12-26(24,25)14-17)16-7-8-18(21-13-16)19(23)20-11-9-15-5-3-2-4-6-15/h2-8,13,17H,9-12,14H2,1H3,(H,20,23). The van der Waals surface area contributed by atoms with Crippen LogP contribution in [0.3, 0.4) is 0 Å². The number of carbonyl (C=O) groups excluding carboxylic acids is 1. The lowest BCUT2D eigenvalue weighted by molar-refractivity contribution is 0.0949. The SMILES string of the molecule is CN(c1ccc(C(=O)NCCc2ccccc2)nc1)C1CCS(=O)(=O)C1. The van der Waals surface area contributed by atoms with Gasteiger partial charge in [0.2, 0.25) is 0 Å². The third-order valence-corrected chi connectivity index (χ3v) is 6.44. The van der Waals surface area contributed by atoms with E-state index in [0.717, 1.165) is 12.1 Å². The first-order valence-electron chi connectivity index (χ1n) is 8.66. The van der Waals surface area contributed by atoms with Crippen molar-refractivity contribution in [2.45, 2.75) is 18.9 Å². The number of rotatable bonds is 6. The molecule has 0 spiro atoms. The molecule has 1 fully saturated rings. The minimum atomic E-state index is -2.93. The molecule has 1 aromatic carbocycles. The number of pyridine rings is 1. The molecule has 26 heavy (non-hydrogen) atoms. The van der Waals surface area contributed by atoms with E-state index >= 15 is 0 Å². The molecule has 0 radical (unpaired) electrons. The minimum absolute atomic E-state index is 0.0349. The zero-order valence-electron chi connectivity index (χ0n) is 14.8. The van der Waals surface area contributed by atoms with E-state index in [-0.39, 0.29) is 23.5 Å². The van der Waals surface area contributed by atoms with Crippen molar-refractivity contribution < 1.29 is 13.2 Å². The highest BCUT2D eigenvalue weighted by Crippen LogP contribution is 2.22. The number of benzene rings is 1. The number of sulfone groups is 1. The molecule has 1 aliphatic rings. The molecule has 1 saturated heterocycles. The average molecular weight is 373 g/mol. The van der Waals surface area contributed by atoms with E-state index in [9.17, 15) is 13.2 Å². The maximum atomic E-state index is 12.2. The van der Waals surface area contributed by atoms with Gasteiger partial charge >= 0.3 is 0 Å². The molecule has 1 aromatic heterocycles. The number of nitrogens with one attached hydrogen (secondary N) is 1. The first kappa shape index (κ1) is 18.4. The van der Waals surface area contributed by atoms with Crippen LogP contribution in [0.4, 0.5) is 5.69 Å². The predicted molar refractivity (Wildman–Crippen MR) is 102 cm³/mol. The molecule has 6 nitrogen and oxygen atoms in total. The molecule has 0 aliphatic carbocycles. The highest BCUT2D eigenvalue weighted by atomic mass is 32.2. The first-order chi connectivity index (χ1) is 12.4. The summed E-state index contributed by atoms with van der Waals surface area (Å²) in [6.07, 6.45) is 3.02. The Labute approximate surface area is 154 Å². The minimum Gasteiger partial charge on any atom is -0.369 e. The van der Waals surface area contributed by atoms with Crippen LogP contribution in [0.1, 0.15) is 22.5 Å². The van der Waals surface area contributed by atoms with E-state index in [0.29, 0.717) is 18.7 Å². The van der Waals surface area contributed by atoms with Crippen LogP contribution in [0.2, 0.25) is 0 Å². The molecule has 3 rings (SSSR count). The van der Waals surface area contributed by atoms with Crippen LogP contribution in [0.5, 0.6) is 0 Å². The van der Waals surface area contributed by atoms with Crippen LogP contribution >= 0.6 is 0 Å². The molecular formula is C19H23N3O3S. The van der Waals surface area contributed by atoms with Gasteiger partial charge in [-0.1, -0.05) is 30.3 Å². The fourth-order valence-corrected chi connectivity index (χ4v) is 4.85. The predicted octanol–water partition coefficient (Wildman–Crippen LogP) is 1.68. The van der Waals surface area contributed by atoms with Gasteiger partial charge in [0.05, 0.1) is 23.4 Å². The highest BCUT2D eigenvalue weighted by Gasteiger charge is 2.30. The summed E-state index contributed by atoms with van der Waals surface area (Å²) in [5.41, 5.74) is 2.34. The zero-order valence-corrected chi connectivity index (χ0v) is 15.6. The summed E-state index contributed by atoms with van der Waals surface area (Å²) in [7, 11) is -1.07. The second-order valence-electron chi connectivity index (χ2n) is 6.56. The van der Waals surface area contributed by atoms with E-state index in [4.69, 9.17) is 0 Å². The normalized spacial score (nSPS) is 18.4. The Hall–Kier alpha value is -2.41. The molecular weight excluding hydrogens is 350 g/mol. The van der Waals surface area contributed by atoms with E-state index < -0.39 is 9.84 Å². The van der Waals surface area contributed by atoms with Crippen molar-refractivity contribution in [3.8, 4) is 0 Å².